The standard InChI is InChI=1S/C11H13NO4/c1-14-11(13)12-9-4-2-3-5-10(9)16-7-8-6-15-8/h2-5,8H,6-7H2,1H3,(H,12,13). The predicted octanol–water partition coefficient (Wildman–Crippen LogP) is 1.64. The van der Waals surface area contributed by atoms with Crippen LogP contribution < -0.4 is 10.1 Å². The summed E-state index contributed by atoms with van der Waals surface area (Å²) in [5, 5.41) is 2.58. The number of para-hydroxylation sites is 2. The largest absolute Gasteiger partial charge is 0.489 e. The Kier molecular flexibility index (Phi) is 3.26. The molecule has 1 unspecified atom stereocenters. The second-order valence-corrected chi connectivity index (χ2v) is 3.38. The van der Waals surface area contributed by atoms with E-state index in [1.165, 1.54) is 7.11 Å². The Bertz CT molecular complexity index is 376. The molecule has 0 aliphatic carbocycles. The molecule has 0 aromatic heterocycles. The maximum absolute atomic E-state index is 11.1. The van der Waals surface area contributed by atoms with E-state index in [1.807, 2.05) is 12.1 Å². The number of epoxide rings is 1. The molecule has 1 heterocycles. The van der Waals surface area contributed by atoms with Gasteiger partial charge in [-0.3, -0.25) is 5.32 Å². The highest BCUT2D eigenvalue weighted by molar-refractivity contribution is 5.86. The highest BCUT2D eigenvalue weighted by atomic mass is 16.6. The van der Waals surface area contributed by atoms with Crippen LogP contribution in [0.15, 0.2) is 24.3 Å². The van der Waals surface area contributed by atoms with Crippen LogP contribution in [0.2, 0.25) is 0 Å². The van der Waals surface area contributed by atoms with Gasteiger partial charge in [0.25, 0.3) is 0 Å². The molecule has 86 valence electrons. The van der Waals surface area contributed by atoms with Crippen LogP contribution in [0.3, 0.4) is 0 Å². The van der Waals surface area contributed by atoms with E-state index in [0.29, 0.717) is 18.0 Å². The van der Waals surface area contributed by atoms with Crippen molar-refractivity contribution in [2.75, 3.05) is 25.6 Å². The van der Waals surface area contributed by atoms with E-state index in [4.69, 9.17) is 9.47 Å². The van der Waals surface area contributed by atoms with Crippen LogP contribution in [0.25, 0.3) is 0 Å². The van der Waals surface area contributed by atoms with E-state index in [9.17, 15) is 4.79 Å². The van der Waals surface area contributed by atoms with Gasteiger partial charge in [0.2, 0.25) is 0 Å². The molecule has 1 fully saturated rings. The number of benzene rings is 1. The normalized spacial score (nSPS) is 17.7. The molecule has 5 heteroatoms. The number of rotatable bonds is 4. The minimum atomic E-state index is -0.515. The molecule has 0 spiro atoms. The zero-order chi connectivity index (χ0) is 11.4. The number of carbonyl (C=O) groups excluding carboxylic acids is 1. The van der Waals surface area contributed by atoms with E-state index < -0.39 is 6.09 Å². The zero-order valence-electron chi connectivity index (χ0n) is 8.93. The molecule has 2 rings (SSSR count). The van der Waals surface area contributed by atoms with Gasteiger partial charge in [0, 0.05) is 0 Å². The number of hydrogen-bond acceptors (Lipinski definition) is 4. The fourth-order valence-electron chi connectivity index (χ4n) is 1.20. The molecular weight excluding hydrogens is 210 g/mol. The average Bonchev–Trinajstić information content (AvgIpc) is 3.11. The Morgan fingerprint density at radius 1 is 1.56 bits per heavy atom. The highest BCUT2D eigenvalue weighted by Gasteiger charge is 2.23. The van der Waals surface area contributed by atoms with Crippen LogP contribution in [-0.4, -0.2) is 32.5 Å². The summed E-state index contributed by atoms with van der Waals surface area (Å²) < 4.78 is 15.1. The van der Waals surface area contributed by atoms with Gasteiger partial charge < -0.3 is 14.2 Å². The Morgan fingerprint density at radius 2 is 2.31 bits per heavy atom. The molecule has 5 nitrogen and oxygen atoms in total. The molecule has 1 saturated heterocycles. The molecule has 1 atom stereocenters. The minimum Gasteiger partial charge on any atom is -0.489 e. The summed E-state index contributed by atoms with van der Waals surface area (Å²) in [7, 11) is 1.32. The molecule has 1 aliphatic rings. The maximum Gasteiger partial charge on any atom is 0.411 e. The SMILES string of the molecule is COC(=O)Nc1ccccc1OCC1CO1. The van der Waals surface area contributed by atoms with E-state index >= 15 is 0 Å². The van der Waals surface area contributed by atoms with Gasteiger partial charge in [-0.2, -0.15) is 0 Å². The summed E-state index contributed by atoms with van der Waals surface area (Å²) in [5.74, 6) is 0.614. The van der Waals surface area contributed by atoms with Gasteiger partial charge in [-0.1, -0.05) is 12.1 Å². The Balaban J connectivity index is 2.00. The third-order valence-corrected chi connectivity index (χ3v) is 2.14. The van der Waals surface area contributed by atoms with Crippen molar-refractivity contribution in [3.63, 3.8) is 0 Å². The van der Waals surface area contributed by atoms with Crippen LogP contribution in [-0.2, 0) is 9.47 Å². The fourth-order valence-corrected chi connectivity index (χ4v) is 1.20. The van der Waals surface area contributed by atoms with Gasteiger partial charge in [-0.05, 0) is 12.1 Å². The molecule has 1 aromatic carbocycles. The second kappa shape index (κ2) is 4.85. The lowest BCUT2D eigenvalue weighted by atomic mass is 10.3. The molecule has 0 radical (unpaired) electrons. The van der Waals surface area contributed by atoms with Crippen molar-refractivity contribution in [1.82, 2.24) is 0 Å². The van der Waals surface area contributed by atoms with Crippen molar-refractivity contribution in [2.24, 2.45) is 0 Å². The van der Waals surface area contributed by atoms with Crippen LogP contribution in [0.4, 0.5) is 10.5 Å². The molecule has 0 bridgehead atoms. The van der Waals surface area contributed by atoms with E-state index in [0.717, 1.165) is 6.61 Å². The van der Waals surface area contributed by atoms with Crippen LogP contribution in [0, 0.1) is 0 Å². The van der Waals surface area contributed by atoms with Crippen LogP contribution in [0.1, 0.15) is 0 Å². The topological polar surface area (TPSA) is 60.1 Å². The zero-order valence-corrected chi connectivity index (χ0v) is 8.93. The lowest BCUT2D eigenvalue weighted by Crippen LogP contribution is -2.13. The number of nitrogens with one attached hydrogen (secondary N) is 1. The first-order valence-electron chi connectivity index (χ1n) is 4.98. The van der Waals surface area contributed by atoms with Crippen molar-refractivity contribution >= 4 is 11.8 Å². The summed E-state index contributed by atoms with van der Waals surface area (Å²) >= 11 is 0. The number of anilines is 1. The predicted molar refractivity (Wildman–Crippen MR) is 57.7 cm³/mol. The lowest BCUT2D eigenvalue weighted by molar-refractivity contribution is 0.186. The second-order valence-electron chi connectivity index (χ2n) is 3.38. The monoisotopic (exact) mass is 223 g/mol. The van der Waals surface area contributed by atoms with Gasteiger partial charge in [0.15, 0.2) is 0 Å². The molecule has 1 amide bonds. The highest BCUT2D eigenvalue weighted by Crippen LogP contribution is 2.25. The first kappa shape index (κ1) is 10.8. The third-order valence-electron chi connectivity index (χ3n) is 2.14. The third kappa shape index (κ3) is 2.87. The van der Waals surface area contributed by atoms with Gasteiger partial charge in [0.1, 0.15) is 18.5 Å². The summed E-state index contributed by atoms with van der Waals surface area (Å²) in [5.41, 5.74) is 0.593. The summed E-state index contributed by atoms with van der Waals surface area (Å²) in [4.78, 5) is 11.1. The van der Waals surface area contributed by atoms with Crippen molar-refractivity contribution < 1.29 is 19.0 Å². The van der Waals surface area contributed by atoms with Crippen molar-refractivity contribution in [3.8, 4) is 5.75 Å². The first-order chi connectivity index (χ1) is 7.79. The molecular formula is C11H13NO4. The smallest absolute Gasteiger partial charge is 0.411 e. The van der Waals surface area contributed by atoms with E-state index in [1.54, 1.807) is 12.1 Å². The van der Waals surface area contributed by atoms with Gasteiger partial charge in [-0.25, -0.2) is 4.79 Å². The van der Waals surface area contributed by atoms with Gasteiger partial charge in [-0.15, -0.1) is 0 Å². The number of carbonyl (C=O) groups is 1. The van der Waals surface area contributed by atoms with E-state index in [2.05, 4.69) is 10.1 Å². The van der Waals surface area contributed by atoms with Crippen molar-refractivity contribution in [2.45, 2.75) is 6.10 Å². The molecule has 1 aromatic rings. The quantitative estimate of drug-likeness (QED) is 0.788. The summed E-state index contributed by atoms with van der Waals surface area (Å²) in [6.07, 6.45) is -0.329. The van der Waals surface area contributed by atoms with Gasteiger partial charge >= 0.3 is 6.09 Å². The Labute approximate surface area is 93.3 Å². The number of ether oxygens (including phenoxy) is 3. The Morgan fingerprint density at radius 3 is 3.00 bits per heavy atom. The number of hydrogen-bond donors (Lipinski definition) is 1. The fraction of sp³-hybridized carbons (Fsp3) is 0.364. The van der Waals surface area contributed by atoms with E-state index in [-0.39, 0.29) is 6.10 Å². The average molecular weight is 223 g/mol. The maximum atomic E-state index is 11.1. The molecule has 1 N–H and O–H groups in total. The van der Waals surface area contributed by atoms with Crippen LogP contribution >= 0.6 is 0 Å². The number of amides is 1. The molecule has 0 saturated carbocycles. The first-order valence-corrected chi connectivity index (χ1v) is 4.98. The number of methoxy groups -OCH3 is 1. The van der Waals surface area contributed by atoms with Crippen molar-refractivity contribution in [3.05, 3.63) is 24.3 Å². The Hall–Kier alpha value is -1.75. The van der Waals surface area contributed by atoms with Crippen molar-refractivity contribution in [1.29, 1.82) is 0 Å². The molecule has 16 heavy (non-hydrogen) atoms. The summed E-state index contributed by atoms with van der Waals surface area (Å²) in [6, 6.07) is 7.19. The minimum absolute atomic E-state index is 0.186. The lowest BCUT2D eigenvalue weighted by Gasteiger charge is -2.10. The van der Waals surface area contributed by atoms with Gasteiger partial charge in [0.05, 0.1) is 19.4 Å². The summed E-state index contributed by atoms with van der Waals surface area (Å²) in [6.45, 7) is 1.24. The van der Waals surface area contributed by atoms with Crippen LogP contribution in [0.5, 0.6) is 5.75 Å². The molecule has 1 aliphatic heterocycles.